The summed E-state index contributed by atoms with van der Waals surface area (Å²) in [6.07, 6.45) is 4.43. The van der Waals surface area contributed by atoms with E-state index in [1.165, 1.54) is 0 Å². The summed E-state index contributed by atoms with van der Waals surface area (Å²) in [5.41, 5.74) is 8.47. The van der Waals surface area contributed by atoms with Crippen molar-refractivity contribution in [1.29, 1.82) is 5.41 Å². The number of nitrogens with two attached hydrogens (primary N) is 1. The van der Waals surface area contributed by atoms with E-state index in [0.29, 0.717) is 24.5 Å². The number of hydrogen-bond donors (Lipinski definition) is 2. The van der Waals surface area contributed by atoms with Crippen LogP contribution in [0.1, 0.15) is 22.5 Å². The first-order valence-corrected chi connectivity index (χ1v) is 8.25. The summed E-state index contributed by atoms with van der Waals surface area (Å²) in [6, 6.07) is 13.6. The lowest BCUT2D eigenvalue weighted by atomic mass is 10.1. The van der Waals surface area contributed by atoms with Crippen LogP contribution < -0.4 is 15.2 Å². The average molecular weight is 350 g/mol. The zero-order valence-corrected chi connectivity index (χ0v) is 14.9. The Balaban J connectivity index is 1.81. The van der Waals surface area contributed by atoms with E-state index in [1.54, 1.807) is 20.4 Å². The number of nitrogens with zero attached hydrogens (tertiary/aromatic N) is 2. The van der Waals surface area contributed by atoms with Gasteiger partial charge in [-0.3, -0.25) is 5.41 Å². The molecule has 0 spiro atoms. The van der Waals surface area contributed by atoms with Gasteiger partial charge >= 0.3 is 0 Å². The Bertz CT molecular complexity index is 918. The first kappa shape index (κ1) is 17.5. The molecule has 134 valence electrons. The van der Waals surface area contributed by atoms with Crippen LogP contribution in [0.2, 0.25) is 0 Å². The van der Waals surface area contributed by atoms with Crippen LogP contribution in [0.25, 0.3) is 0 Å². The van der Waals surface area contributed by atoms with E-state index in [2.05, 4.69) is 9.55 Å². The van der Waals surface area contributed by atoms with E-state index in [0.717, 1.165) is 22.5 Å². The quantitative estimate of drug-likeness (QED) is 0.507. The maximum atomic E-state index is 7.58. The third-order valence-electron chi connectivity index (χ3n) is 4.20. The van der Waals surface area contributed by atoms with Crippen molar-refractivity contribution in [2.75, 3.05) is 14.2 Å². The maximum absolute atomic E-state index is 7.58. The fourth-order valence-electron chi connectivity index (χ4n) is 2.86. The van der Waals surface area contributed by atoms with Crippen LogP contribution >= 0.6 is 0 Å². The number of aromatic nitrogens is 2. The molecule has 0 unspecified atom stereocenters. The van der Waals surface area contributed by atoms with E-state index in [4.69, 9.17) is 20.6 Å². The van der Waals surface area contributed by atoms with Crippen molar-refractivity contribution in [3.8, 4) is 11.5 Å². The fourth-order valence-corrected chi connectivity index (χ4v) is 2.86. The molecule has 0 atom stereocenters. The standard InChI is InChI=1S/C20H22N4O2/c1-25-17-7-6-14(11-18(17)26-2)12-19-23-8-9-24(19)13-15-4-3-5-16(10-15)20(21)22/h3-11H,12-13H2,1-2H3,(H3,21,22). The van der Waals surface area contributed by atoms with E-state index < -0.39 is 0 Å². The van der Waals surface area contributed by atoms with Gasteiger partial charge in [-0.25, -0.2) is 4.98 Å². The van der Waals surface area contributed by atoms with Gasteiger partial charge < -0.3 is 19.8 Å². The molecular weight excluding hydrogens is 328 g/mol. The summed E-state index contributed by atoms with van der Waals surface area (Å²) in [5.74, 6) is 2.44. The predicted octanol–water partition coefficient (Wildman–Crippen LogP) is 2.82. The lowest BCUT2D eigenvalue weighted by molar-refractivity contribution is 0.354. The van der Waals surface area contributed by atoms with Crippen LogP contribution in [-0.4, -0.2) is 29.6 Å². The minimum atomic E-state index is 0.0723. The van der Waals surface area contributed by atoms with Crippen LogP contribution in [0, 0.1) is 5.41 Å². The molecule has 0 radical (unpaired) electrons. The monoisotopic (exact) mass is 350 g/mol. The summed E-state index contributed by atoms with van der Waals surface area (Å²) in [7, 11) is 3.25. The van der Waals surface area contributed by atoms with Crippen molar-refractivity contribution in [2.24, 2.45) is 5.73 Å². The summed E-state index contributed by atoms with van der Waals surface area (Å²) in [4.78, 5) is 4.49. The Kier molecular flexibility index (Phi) is 5.22. The third kappa shape index (κ3) is 3.85. The molecule has 3 aromatic rings. The van der Waals surface area contributed by atoms with Gasteiger partial charge in [0.2, 0.25) is 0 Å². The van der Waals surface area contributed by atoms with Crippen LogP contribution in [0.3, 0.4) is 0 Å². The van der Waals surface area contributed by atoms with Gasteiger partial charge in [-0.15, -0.1) is 0 Å². The number of ether oxygens (including phenoxy) is 2. The molecule has 0 saturated heterocycles. The number of hydrogen-bond acceptors (Lipinski definition) is 4. The van der Waals surface area contributed by atoms with Crippen molar-refractivity contribution >= 4 is 5.84 Å². The molecule has 2 aromatic carbocycles. The van der Waals surface area contributed by atoms with Crippen molar-refractivity contribution < 1.29 is 9.47 Å². The normalized spacial score (nSPS) is 10.5. The van der Waals surface area contributed by atoms with Crippen LogP contribution in [0.15, 0.2) is 54.9 Å². The zero-order chi connectivity index (χ0) is 18.5. The summed E-state index contributed by atoms with van der Waals surface area (Å²) >= 11 is 0. The van der Waals surface area contributed by atoms with Gasteiger partial charge in [0, 0.05) is 30.9 Å². The average Bonchev–Trinajstić information content (AvgIpc) is 3.08. The van der Waals surface area contributed by atoms with Gasteiger partial charge in [-0.05, 0) is 29.3 Å². The molecule has 0 amide bonds. The highest BCUT2D eigenvalue weighted by molar-refractivity contribution is 5.95. The van der Waals surface area contributed by atoms with Crippen molar-refractivity contribution in [2.45, 2.75) is 13.0 Å². The molecule has 26 heavy (non-hydrogen) atoms. The lowest BCUT2D eigenvalue weighted by Gasteiger charge is -2.11. The van der Waals surface area contributed by atoms with E-state index in [-0.39, 0.29) is 5.84 Å². The first-order chi connectivity index (χ1) is 12.6. The number of nitrogen functional groups attached to an aromatic ring is 1. The molecule has 6 nitrogen and oxygen atoms in total. The summed E-state index contributed by atoms with van der Waals surface area (Å²) in [5, 5.41) is 7.58. The Morgan fingerprint density at radius 2 is 1.88 bits per heavy atom. The number of benzene rings is 2. The Morgan fingerprint density at radius 3 is 2.62 bits per heavy atom. The molecule has 0 aliphatic rings. The number of rotatable bonds is 7. The molecule has 0 aliphatic carbocycles. The van der Waals surface area contributed by atoms with Crippen LogP contribution in [-0.2, 0) is 13.0 Å². The molecule has 6 heteroatoms. The first-order valence-electron chi connectivity index (χ1n) is 8.25. The molecule has 3 rings (SSSR count). The van der Waals surface area contributed by atoms with E-state index >= 15 is 0 Å². The second kappa shape index (κ2) is 7.74. The molecule has 0 fully saturated rings. The minimum Gasteiger partial charge on any atom is -0.493 e. The van der Waals surface area contributed by atoms with E-state index in [9.17, 15) is 0 Å². The molecule has 1 aromatic heterocycles. The second-order valence-electron chi connectivity index (χ2n) is 5.95. The highest BCUT2D eigenvalue weighted by Crippen LogP contribution is 2.28. The van der Waals surface area contributed by atoms with Gasteiger partial charge in [0.1, 0.15) is 11.7 Å². The lowest BCUT2D eigenvalue weighted by Crippen LogP contribution is -2.12. The SMILES string of the molecule is COc1ccc(Cc2nccn2Cc2cccc(C(=N)N)c2)cc1OC. The Morgan fingerprint density at radius 1 is 1.08 bits per heavy atom. The number of imidazole rings is 1. The second-order valence-corrected chi connectivity index (χ2v) is 5.95. The smallest absolute Gasteiger partial charge is 0.161 e. The highest BCUT2D eigenvalue weighted by atomic mass is 16.5. The molecular formula is C20H22N4O2. The Hall–Kier alpha value is -3.28. The molecule has 0 bridgehead atoms. The maximum Gasteiger partial charge on any atom is 0.161 e. The van der Waals surface area contributed by atoms with Crippen LogP contribution in [0.5, 0.6) is 11.5 Å². The summed E-state index contributed by atoms with van der Waals surface area (Å²) < 4.78 is 12.8. The number of methoxy groups -OCH3 is 2. The van der Waals surface area contributed by atoms with Gasteiger partial charge in [0.15, 0.2) is 11.5 Å². The van der Waals surface area contributed by atoms with Gasteiger partial charge in [-0.2, -0.15) is 0 Å². The minimum absolute atomic E-state index is 0.0723. The largest absolute Gasteiger partial charge is 0.493 e. The van der Waals surface area contributed by atoms with E-state index in [1.807, 2.05) is 48.7 Å². The number of amidine groups is 1. The molecule has 3 N–H and O–H groups in total. The topological polar surface area (TPSA) is 86.2 Å². The zero-order valence-electron chi connectivity index (χ0n) is 14.9. The van der Waals surface area contributed by atoms with Gasteiger partial charge in [0.25, 0.3) is 0 Å². The molecule has 0 aliphatic heterocycles. The molecule has 0 saturated carbocycles. The van der Waals surface area contributed by atoms with Gasteiger partial charge in [0.05, 0.1) is 14.2 Å². The molecule has 1 heterocycles. The Labute approximate surface area is 152 Å². The summed E-state index contributed by atoms with van der Waals surface area (Å²) in [6.45, 7) is 0.670. The third-order valence-corrected chi connectivity index (χ3v) is 4.20. The van der Waals surface area contributed by atoms with Gasteiger partial charge in [-0.1, -0.05) is 24.3 Å². The van der Waals surface area contributed by atoms with Crippen LogP contribution in [0.4, 0.5) is 0 Å². The highest BCUT2D eigenvalue weighted by Gasteiger charge is 2.09. The fraction of sp³-hybridized carbons (Fsp3) is 0.200. The van der Waals surface area contributed by atoms with Crippen molar-refractivity contribution in [3.63, 3.8) is 0 Å². The van der Waals surface area contributed by atoms with Crippen molar-refractivity contribution in [3.05, 3.63) is 77.4 Å². The number of nitrogens with one attached hydrogen (secondary N) is 1. The van der Waals surface area contributed by atoms with Crippen molar-refractivity contribution in [1.82, 2.24) is 9.55 Å². The predicted molar refractivity (Wildman–Crippen MR) is 101 cm³/mol.